The second-order valence-electron chi connectivity index (χ2n) is 6.29. The Labute approximate surface area is 109 Å². The van der Waals surface area contributed by atoms with Crippen LogP contribution in [0.5, 0.6) is 0 Å². The van der Waals surface area contributed by atoms with Crippen LogP contribution in [0.15, 0.2) is 0 Å². The zero-order chi connectivity index (χ0) is 12.7. The first kappa shape index (κ1) is 15.0. The Hall–Kier alpha value is -0.0400. The lowest BCUT2D eigenvalue weighted by Gasteiger charge is -2.28. The van der Waals surface area contributed by atoms with Crippen molar-refractivity contribution in [1.82, 2.24) is 5.32 Å². The predicted octanol–water partition coefficient (Wildman–Crippen LogP) is 4.62. The van der Waals surface area contributed by atoms with E-state index in [4.69, 9.17) is 0 Å². The molecule has 1 unspecified atom stereocenters. The zero-order valence-electron chi connectivity index (χ0n) is 12.5. The molecule has 1 aliphatic rings. The van der Waals surface area contributed by atoms with Gasteiger partial charge in [-0.15, -0.1) is 0 Å². The second-order valence-corrected chi connectivity index (χ2v) is 6.29. The molecule has 1 N–H and O–H groups in total. The van der Waals surface area contributed by atoms with Gasteiger partial charge in [-0.1, -0.05) is 66.2 Å². The molecule has 1 atom stereocenters. The maximum Gasteiger partial charge on any atom is 0.00104 e. The number of hydrogen-bond acceptors (Lipinski definition) is 1. The average molecular weight is 239 g/mol. The standard InChI is InChI=1S/C16H33N/c1-5-14(6-2)11-16(12-17-13(3)4)15-9-7-8-10-15/h13-17H,5-12H2,1-4H3. The van der Waals surface area contributed by atoms with Gasteiger partial charge in [0.15, 0.2) is 0 Å². The minimum atomic E-state index is 0.639. The van der Waals surface area contributed by atoms with Gasteiger partial charge in [0, 0.05) is 6.04 Å². The van der Waals surface area contributed by atoms with E-state index in [0.717, 1.165) is 17.8 Å². The van der Waals surface area contributed by atoms with Gasteiger partial charge in [-0.25, -0.2) is 0 Å². The second kappa shape index (κ2) is 8.13. The fraction of sp³-hybridized carbons (Fsp3) is 1.00. The minimum Gasteiger partial charge on any atom is -0.314 e. The van der Waals surface area contributed by atoms with E-state index in [9.17, 15) is 0 Å². The summed E-state index contributed by atoms with van der Waals surface area (Å²) in [5.41, 5.74) is 0. The monoisotopic (exact) mass is 239 g/mol. The third-order valence-electron chi connectivity index (χ3n) is 4.65. The molecule has 1 heteroatoms. The van der Waals surface area contributed by atoms with Gasteiger partial charge in [0.1, 0.15) is 0 Å². The average Bonchev–Trinajstić information content (AvgIpc) is 2.83. The summed E-state index contributed by atoms with van der Waals surface area (Å²) in [6, 6.07) is 0.639. The molecule has 17 heavy (non-hydrogen) atoms. The van der Waals surface area contributed by atoms with E-state index in [-0.39, 0.29) is 0 Å². The van der Waals surface area contributed by atoms with Crippen LogP contribution < -0.4 is 5.32 Å². The van der Waals surface area contributed by atoms with Crippen LogP contribution in [0.3, 0.4) is 0 Å². The van der Waals surface area contributed by atoms with Gasteiger partial charge in [-0.3, -0.25) is 0 Å². The summed E-state index contributed by atoms with van der Waals surface area (Å²) >= 11 is 0. The van der Waals surface area contributed by atoms with Gasteiger partial charge < -0.3 is 5.32 Å². The molecule has 1 rings (SSSR count). The third-order valence-corrected chi connectivity index (χ3v) is 4.65. The molecule has 0 aliphatic heterocycles. The molecule has 0 aromatic carbocycles. The summed E-state index contributed by atoms with van der Waals surface area (Å²) in [6.45, 7) is 10.5. The fourth-order valence-corrected chi connectivity index (χ4v) is 3.31. The summed E-state index contributed by atoms with van der Waals surface area (Å²) in [5.74, 6) is 2.90. The Morgan fingerprint density at radius 1 is 1.06 bits per heavy atom. The van der Waals surface area contributed by atoms with E-state index in [1.807, 2.05) is 0 Å². The lowest BCUT2D eigenvalue weighted by Crippen LogP contribution is -2.33. The molecule has 102 valence electrons. The third kappa shape index (κ3) is 5.42. The Bertz CT molecular complexity index is 178. The molecule has 1 fully saturated rings. The maximum absolute atomic E-state index is 3.68. The fourth-order valence-electron chi connectivity index (χ4n) is 3.31. The molecule has 0 amide bonds. The SMILES string of the molecule is CCC(CC)CC(CNC(C)C)C1CCCC1. The van der Waals surface area contributed by atoms with Gasteiger partial charge in [-0.2, -0.15) is 0 Å². The summed E-state index contributed by atoms with van der Waals surface area (Å²) in [7, 11) is 0. The van der Waals surface area contributed by atoms with Gasteiger partial charge in [0.05, 0.1) is 0 Å². The molecule has 1 saturated carbocycles. The molecule has 1 nitrogen and oxygen atoms in total. The van der Waals surface area contributed by atoms with Crippen molar-refractivity contribution in [3.8, 4) is 0 Å². The summed E-state index contributed by atoms with van der Waals surface area (Å²) in [5, 5.41) is 3.68. The predicted molar refractivity (Wildman–Crippen MR) is 77.3 cm³/mol. The molecule has 0 spiro atoms. The van der Waals surface area contributed by atoms with Crippen molar-refractivity contribution in [2.24, 2.45) is 17.8 Å². The van der Waals surface area contributed by atoms with Crippen LogP contribution in [-0.2, 0) is 0 Å². The number of rotatable bonds is 8. The molecule has 0 aromatic rings. The molecule has 0 heterocycles. The summed E-state index contributed by atoms with van der Waals surface area (Å²) in [4.78, 5) is 0. The van der Waals surface area contributed by atoms with Crippen LogP contribution in [-0.4, -0.2) is 12.6 Å². The van der Waals surface area contributed by atoms with Crippen LogP contribution in [0.25, 0.3) is 0 Å². The molecule has 0 radical (unpaired) electrons. The first-order chi connectivity index (χ1) is 8.17. The highest BCUT2D eigenvalue weighted by atomic mass is 14.9. The Kier molecular flexibility index (Phi) is 7.18. The summed E-state index contributed by atoms with van der Waals surface area (Å²) < 4.78 is 0. The highest BCUT2D eigenvalue weighted by Crippen LogP contribution is 2.35. The van der Waals surface area contributed by atoms with Crippen LogP contribution in [0.1, 0.15) is 72.6 Å². The molecule has 0 saturated heterocycles. The molecular weight excluding hydrogens is 206 g/mol. The lowest BCUT2D eigenvalue weighted by atomic mass is 9.81. The number of hydrogen-bond donors (Lipinski definition) is 1. The highest BCUT2D eigenvalue weighted by molar-refractivity contribution is 4.79. The molecule has 0 bridgehead atoms. The Balaban J connectivity index is 2.45. The van der Waals surface area contributed by atoms with Gasteiger partial charge in [0.25, 0.3) is 0 Å². The quantitative estimate of drug-likeness (QED) is 0.652. The topological polar surface area (TPSA) is 12.0 Å². The van der Waals surface area contributed by atoms with Crippen molar-refractivity contribution >= 4 is 0 Å². The van der Waals surface area contributed by atoms with Crippen molar-refractivity contribution in [3.63, 3.8) is 0 Å². The van der Waals surface area contributed by atoms with Crippen molar-refractivity contribution in [1.29, 1.82) is 0 Å². The van der Waals surface area contributed by atoms with E-state index in [1.54, 1.807) is 0 Å². The van der Waals surface area contributed by atoms with E-state index < -0.39 is 0 Å². The molecule has 0 aromatic heterocycles. The van der Waals surface area contributed by atoms with E-state index in [2.05, 4.69) is 33.0 Å². The minimum absolute atomic E-state index is 0.639. The maximum atomic E-state index is 3.68. The van der Waals surface area contributed by atoms with Gasteiger partial charge in [-0.05, 0) is 30.7 Å². The van der Waals surface area contributed by atoms with Crippen LogP contribution >= 0.6 is 0 Å². The van der Waals surface area contributed by atoms with Crippen LogP contribution in [0, 0.1) is 17.8 Å². The lowest BCUT2D eigenvalue weighted by molar-refractivity contribution is 0.248. The van der Waals surface area contributed by atoms with Crippen molar-refractivity contribution < 1.29 is 0 Å². The first-order valence-electron chi connectivity index (χ1n) is 7.90. The van der Waals surface area contributed by atoms with E-state index in [1.165, 1.54) is 51.5 Å². The Morgan fingerprint density at radius 3 is 2.12 bits per heavy atom. The van der Waals surface area contributed by atoms with E-state index in [0.29, 0.717) is 6.04 Å². The van der Waals surface area contributed by atoms with E-state index >= 15 is 0 Å². The van der Waals surface area contributed by atoms with Crippen molar-refractivity contribution in [2.75, 3.05) is 6.54 Å². The van der Waals surface area contributed by atoms with Gasteiger partial charge >= 0.3 is 0 Å². The van der Waals surface area contributed by atoms with Crippen molar-refractivity contribution in [2.45, 2.75) is 78.7 Å². The first-order valence-corrected chi connectivity index (χ1v) is 7.90. The van der Waals surface area contributed by atoms with Gasteiger partial charge in [0.2, 0.25) is 0 Å². The normalized spacial score (nSPS) is 19.4. The number of nitrogens with one attached hydrogen (secondary N) is 1. The smallest absolute Gasteiger partial charge is 0.00104 e. The van der Waals surface area contributed by atoms with Crippen molar-refractivity contribution in [3.05, 3.63) is 0 Å². The van der Waals surface area contributed by atoms with Crippen LogP contribution in [0.2, 0.25) is 0 Å². The zero-order valence-corrected chi connectivity index (χ0v) is 12.5. The highest BCUT2D eigenvalue weighted by Gasteiger charge is 2.26. The molecule has 1 aliphatic carbocycles. The Morgan fingerprint density at radius 2 is 1.65 bits per heavy atom. The largest absolute Gasteiger partial charge is 0.314 e. The summed E-state index contributed by atoms with van der Waals surface area (Å²) in [6.07, 6.45) is 10.1. The van der Waals surface area contributed by atoms with Crippen LogP contribution in [0.4, 0.5) is 0 Å². The molecular formula is C16H33N.